The average molecular weight is 278 g/mol. The van der Waals surface area contributed by atoms with Crippen molar-refractivity contribution in [1.29, 1.82) is 0 Å². The van der Waals surface area contributed by atoms with Crippen molar-refractivity contribution in [3.05, 3.63) is 45.7 Å². The van der Waals surface area contributed by atoms with Gasteiger partial charge in [0.2, 0.25) is 0 Å². The Morgan fingerprint density at radius 1 is 1.42 bits per heavy atom. The van der Waals surface area contributed by atoms with Crippen molar-refractivity contribution in [3.63, 3.8) is 0 Å². The molecule has 0 atom stereocenters. The van der Waals surface area contributed by atoms with Crippen LogP contribution in [0.15, 0.2) is 18.2 Å². The minimum absolute atomic E-state index is 0.00491. The van der Waals surface area contributed by atoms with E-state index in [0.717, 1.165) is 17.0 Å². The minimum Gasteiger partial charge on any atom is -0.398 e. The minimum atomic E-state index is -0.00491. The zero-order chi connectivity index (χ0) is 14.2. The zero-order valence-corrected chi connectivity index (χ0v) is 12.0. The van der Waals surface area contributed by atoms with Gasteiger partial charge in [0.05, 0.1) is 22.8 Å². The van der Waals surface area contributed by atoms with Crippen molar-refractivity contribution < 1.29 is 4.79 Å². The fourth-order valence-electron chi connectivity index (χ4n) is 2.08. The molecule has 0 spiro atoms. The first-order valence-corrected chi connectivity index (χ1v) is 6.36. The molecule has 0 amide bonds. The number of rotatable bonds is 3. The Morgan fingerprint density at radius 3 is 2.68 bits per heavy atom. The van der Waals surface area contributed by atoms with E-state index in [2.05, 4.69) is 5.10 Å². The van der Waals surface area contributed by atoms with Gasteiger partial charge in [-0.2, -0.15) is 5.10 Å². The lowest BCUT2D eigenvalue weighted by atomic mass is 10.00. The second-order valence-electron chi connectivity index (χ2n) is 4.59. The molecule has 1 aromatic heterocycles. The molecule has 0 aliphatic rings. The summed E-state index contributed by atoms with van der Waals surface area (Å²) in [5.41, 5.74) is 9.35. The van der Waals surface area contributed by atoms with E-state index >= 15 is 0 Å². The first-order valence-electron chi connectivity index (χ1n) is 5.98. The number of anilines is 1. The summed E-state index contributed by atoms with van der Waals surface area (Å²) >= 11 is 6.16. The van der Waals surface area contributed by atoms with Crippen molar-refractivity contribution in [3.8, 4) is 0 Å². The third kappa shape index (κ3) is 2.49. The molecule has 0 bridgehead atoms. The van der Waals surface area contributed by atoms with Crippen LogP contribution in [0.5, 0.6) is 0 Å². The van der Waals surface area contributed by atoms with Gasteiger partial charge in [-0.05, 0) is 25.5 Å². The third-order valence-corrected chi connectivity index (χ3v) is 3.76. The Morgan fingerprint density at radius 2 is 2.11 bits per heavy atom. The smallest absolute Gasteiger partial charge is 0.169 e. The summed E-state index contributed by atoms with van der Waals surface area (Å²) in [7, 11) is 1.79. The monoisotopic (exact) mass is 277 g/mol. The summed E-state index contributed by atoms with van der Waals surface area (Å²) in [6, 6.07) is 5.35. The molecular formula is C14H16ClN3O. The van der Waals surface area contributed by atoms with Crippen molar-refractivity contribution >= 4 is 23.1 Å². The molecule has 1 heterocycles. The second kappa shape index (κ2) is 5.05. The number of aromatic nitrogens is 2. The van der Waals surface area contributed by atoms with Crippen LogP contribution < -0.4 is 5.73 Å². The van der Waals surface area contributed by atoms with Crippen LogP contribution in [0.25, 0.3) is 0 Å². The van der Waals surface area contributed by atoms with Crippen LogP contribution in [-0.2, 0) is 13.5 Å². The van der Waals surface area contributed by atoms with Crippen LogP contribution in [0.1, 0.15) is 27.3 Å². The highest BCUT2D eigenvalue weighted by molar-refractivity contribution is 6.32. The normalized spacial score (nSPS) is 10.7. The zero-order valence-electron chi connectivity index (χ0n) is 11.2. The van der Waals surface area contributed by atoms with Gasteiger partial charge < -0.3 is 5.73 Å². The number of ketones is 1. The summed E-state index contributed by atoms with van der Waals surface area (Å²) in [5, 5.41) is 4.76. The molecule has 0 saturated carbocycles. The summed E-state index contributed by atoms with van der Waals surface area (Å²) in [6.45, 7) is 3.67. The maximum atomic E-state index is 12.3. The number of hydrogen-bond acceptors (Lipinski definition) is 3. The van der Waals surface area contributed by atoms with E-state index in [9.17, 15) is 4.79 Å². The van der Waals surface area contributed by atoms with Gasteiger partial charge in [-0.15, -0.1) is 0 Å². The lowest BCUT2D eigenvalue weighted by Crippen LogP contribution is -2.10. The van der Waals surface area contributed by atoms with Crippen molar-refractivity contribution in [2.24, 2.45) is 7.05 Å². The van der Waals surface area contributed by atoms with E-state index < -0.39 is 0 Å². The number of nitrogens with zero attached hydrogens (tertiary/aromatic N) is 2. The highest BCUT2D eigenvalue weighted by atomic mass is 35.5. The van der Waals surface area contributed by atoms with Gasteiger partial charge in [-0.1, -0.05) is 23.7 Å². The van der Waals surface area contributed by atoms with Gasteiger partial charge in [0.25, 0.3) is 0 Å². The van der Waals surface area contributed by atoms with Crippen molar-refractivity contribution in [2.75, 3.05) is 5.73 Å². The summed E-state index contributed by atoms with van der Waals surface area (Å²) in [5.74, 6) is -0.00491. The van der Waals surface area contributed by atoms with E-state index in [1.165, 1.54) is 0 Å². The van der Waals surface area contributed by atoms with Crippen LogP contribution in [0.4, 0.5) is 5.69 Å². The molecule has 0 aliphatic carbocycles. The maximum absolute atomic E-state index is 12.3. The highest BCUT2D eigenvalue weighted by Crippen LogP contribution is 2.23. The first kappa shape index (κ1) is 13.6. The molecule has 0 unspecified atom stereocenters. The van der Waals surface area contributed by atoms with Gasteiger partial charge in [0.15, 0.2) is 5.78 Å². The van der Waals surface area contributed by atoms with Crippen LogP contribution in [-0.4, -0.2) is 15.6 Å². The molecule has 0 fully saturated rings. The number of hydrogen-bond donors (Lipinski definition) is 1. The number of nitrogen functional groups attached to an aromatic ring is 1. The van der Waals surface area contributed by atoms with Crippen molar-refractivity contribution in [2.45, 2.75) is 20.3 Å². The summed E-state index contributed by atoms with van der Waals surface area (Å²) in [4.78, 5) is 12.3. The van der Waals surface area contributed by atoms with Gasteiger partial charge in [0, 0.05) is 18.3 Å². The highest BCUT2D eigenvalue weighted by Gasteiger charge is 2.17. The van der Waals surface area contributed by atoms with Crippen LogP contribution in [0, 0.1) is 13.8 Å². The Bertz CT molecular complexity index is 646. The number of carbonyl (C=O) groups is 1. The molecule has 0 radical (unpaired) electrons. The predicted octanol–water partition coefficient (Wildman–Crippen LogP) is 2.70. The van der Waals surface area contributed by atoms with E-state index in [1.807, 2.05) is 13.8 Å². The van der Waals surface area contributed by atoms with Crippen LogP contribution in [0.2, 0.25) is 5.02 Å². The van der Waals surface area contributed by atoms with Gasteiger partial charge >= 0.3 is 0 Å². The van der Waals surface area contributed by atoms with Crippen molar-refractivity contribution in [1.82, 2.24) is 9.78 Å². The van der Waals surface area contributed by atoms with Crippen LogP contribution in [0.3, 0.4) is 0 Å². The number of carbonyl (C=O) groups excluding carboxylic acids is 1. The first-order chi connectivity index (χ1) is 8.91. The Balaban J connectivity index is 2.34. The van der Waals surface area contributed by atoms with E-state index in [0.29, 0.717) is 16.3 Å². The number of nitrogens with two attached hydrogens (primary N) is 1. The fraction of sp³-hybridized carbons (Fsp3) is 0.286. The Kier molecular flexibility index (Phi) is 3.62. The molecule has 0 saturated heterocycles. The third-order valence-electron chi connectivity index (χ3n) is 3.27. The molecule has 1 aromatic carbocycles. The maximum Gasteiger partial charge on any atom is 0.169 e. The quantitative estimate of drug-likeness (QED) is 0.693. The number of Topliss-reactive ketones (excluding diaryl/α,β-unsaturated/α-hetero) is 1. The SMILES string of the molecule is Cc1nn(C)c(CC(=O)c2cccc(N)c2C)c1Cl. The van der Waals surface area contributed by atoms with E-state index in [-0.39, 0.29) is 12.2 Å². The molecule has 100 valence electrons. The molecular weight excluding hydrogens is 262 g/mol. The molecule has 5 heteroatoms. The number of halogens is 1. The van der Waals surface area contributed by atoms with Gasteiger partial charge in [-0.25, -0.2) is 0 Å². The van der Waals surface area contributed by atoms with E-state index in [1.54, 1.807) is 29.9 Å². The topological polar surface area (TPSA) is 60.9 Å². The standard InChI is InChI=1S/C14H16ClN3O/c1-8-10(5-4-6-11(8)16)13(19)7-12-14(15)9(2)17-18(12)3/h4-6H,7,16H2,1-3H3. The number of benzene rings is 1. The van der Waals surface area contributed by atoms with Gasteiger partial charge in [-0.3, -0.25) is 9.48 Å². The molecule has 19 heavy (non-hydrogen) atoms. The van der Waals surface area contributed by atoms with Crippen LogP contribution >= 0.6 is 11.6 Å². The lowest BCUT2D eigenvalue weighted by Gasteiger charge is -2.08. The van der Waals surface area contributed by atoms with Gasteiger partial charge in [0.1, 0.15) is 0 Å². The second-order valence-corrected chi connectivity index (χ2v) is 4.97. The molecule has 4 nitrogen and oxygen atoms in total. The van der Waals surface area contributed by atoms with E-state index in [4.69, 9.17) is 17.3 Å². The Hall–Kier alpha value is -1.81. The molecule has 2 rings (SSSR count). The summed E-state index contributed by atoms with van der Waals surface area (Å²) in [6.07, 6.45) is 0.223. The summed E-state index contributed by atoms with van der Waals surface area (Å²) < 4.78 is 1.65. The largest absolute Gasteiger partial charge is 0.398 e. The average Bonchev–Trinajstić information content (AvgIpc) is 2.59. The molecule has 2 aromatic rings. The predicted molar refractivity (Wildman–Crippen MR) is 76.6 cm³/mol. The fourth-order valence-corrected chi connectivity index (χ4v) is 2.30. The number of aryl methyl sites for hydroxylation is 2. The lowest BCUT2D eigenvalue weighted by molar-refractivity contribution is 0.0990. The molecule has 0 aliphatic heterocycles. The molecule has 2 N–H and O–H groups in total. The Labute approximate surface area is 117 Å².